The topological polar surface area (TPSA) is 0 Å². The zero-order chi connectivity index (χ0) is 26.4. The summed E-state index contributed by atoms with van der Waals surface area (Å²) in [6.45, 7) is 11.2. The minimum atomic E-state index is 0.295. The molecule has 2 aliphatic carbocycles. The molecule has 0 heterocycles. The minimum Gasteiger partial charge on any atom is -0.179 e. The standard InChI is InChI=1S/C13H9.C12H19.C11H8.Zr/c1-3-7-12-10(5-1)9-11-6-2-4-8-13(11)12;1-6-10-7-9(2)8-11(10)12(3,4)5;1-9-5-4-7-10-6-2-3-8-11(9)10;/h1-5,7-8H,9H2;8-9H,6H2,1-5H3;1-8H;/q2*-1;;+2. The summed E-state index contributed by atoms with van der Waals surface area (Å²) in [6, 6.07) is 33.0. The molecule has 0 aromatic heterocycles. The maximum absolute atomic E-state index is 3.48. The molecule has 0 N–H and O–H groups in total. The second-order valence-electron chi connectivity index (χ2n) is 10.7. The molecule has 37 heavy (non-hydrogen) atoms. The van der Waals surface area contributed by atoms with Crippen LogP contribution >= 0.6 is 0 Å². The summed E-state index contributed by atoms with van der Waals surface area (Å²) in [5.41, 5.74) is 10.1. The molecule has 2 aliphatic rings. The van der Waals surface area contributed by atoms with Crippen LogP contribution in [0.1, 0.15) is 57.7 Å². The average Bonchev–Trinajstić information content (AvgIpc) is 3.49. The zero-order valence-electron chi connectivity index (χ0n) is 22.7. The predicted octanol–water partition coefficient (Wildman–Crippen LogP) is 9.34. The molecule has 6 rings (SSSR count). The van der Waals surface area contributed by atoms with Crippen LogP contribution in [-0.4, -0.2) is 3.71 Å². The predicted molar refractivity (Wildman–Crippen MR) is 156 cm³/mol. The van der Waals surface area contributed by atoms with Crippen LogP contribution in [0.25, 0.3) is 21.9 Å². The first-order valence-electron chi connectivity index (χ1n) is 13.2. The second kappa shape index (κ2) is 12.3. The Morgan fingerprint density at radius 2 is 1.59 bits per heavy atom. The molecular weight excluding hydrogens is 524 g/mol. The van der Waals surface area contributed by atoms with Crippen LogP contribution < -0.4 is 0 Å². The molecule has 0 saturated heterocycles. The Bertz CT molecular complexity index is 1400. The first kappa shape index (κ1) is 27.4. The SMILES string of the molecule is CCC1=[C-]C(C)C=C1C(C)(C)C.[Zr+2]=[CH]c1cccc2ccccc12.[c-]1cccc2c1Cc1ccccc1-2. The van der Waals surface area contributed by atoms with Gasteiger partial charge in [-0.1, -0.05) is 87.8 Å². The van der Waals surface area contributed by atoms with E-state index in [-0.39, 0.29) is 0 Å². The summed E-state index contributed by atoms with van der Waals surface area (Å²) in [6.07, 6.45) is 8.00. The van der Waals surface area contributed by atoms with Crippen LogP contribution in [0.15, 0.2) is 102 Å². The van der Waals surface area contributed by atoms with Crippen molar-refractivity contribution in [1.82, 2.24) is 0 Å². The molecule has 0 bridgehead atoms. The van der Waals surface area contributed by atoms with Crippen LogP contribution in [0.2, 0.25) is 0 Å². The molecule has 1 unspecified atom stereocenters. The first-order chi connectivity index (χ1) is 17.8. The van der Waals surface area contributed by atoms with E-state index in [4.69, 9.17) is 0 Å². The molecule has 1 heteroatoms. The van der Waals surface area contributed by atoms with Crippen molar-refractivity contribution in [1.29, 1.82) is 0 Å². The summed E-state index contributed by atoms with van der Waals surface area (Å²) in [7, 11) is 0. The number of allylic oxidation sites excluding steroid dienone is 4. The van der Waals surface area contributed by atoms with Crippen LogP contribution in [-0.2, 0) is 30.7 Å². The van der Waals surface area contributed by atoms with Gasteiger partial charge in [0.25, 0.3) is 0 Å². The van der Waals surface area contributed by atoms with Crippen molar-refractivity contribution in [2.24, 2.45) is 11.3 Å². The van der Waals surface area contributed by atoms with Gasteiger partial charge < -0.3 is 0 Å². The molecular formula is C36H36Zr. The molecule has 0 nitrogen and oxygen atoms in total. The second-order valence-corrected chi connectivity index (χ2v) is 11.4. The van der Waals surface area contributed by atoms with Crippen molar-refractivity contribution in [3.8, 4) is 11.1 Å². The van der Waals surface area contributed by atoms with Gasteiger partial charge in [0.05, 0.1) is 0 Å². The number of rotatable bonds is 2. The van der Waals surface area contributed by atoms with E-state index in [1.165, 1.54) is 74.0 Å². The van der Waals surface area contributed by atoms with Gasteiger partial charge in [-0.3, -0.25) is 6.08 Å². The molecule has 0 saturated carbocycles. The summed E-state index contributed by atoms with van der Waals surface area (Å²) in [5, 5.41) is 2.69. The van der Waals surface area contributed by atoms with E-state index >= 15 is 0 Å². The van der Waals surface area contributed by atoms with Gasteiger partial charge in [-0.15, -0.1) is 5.56 Å². The third-order valence-corrected chi connectivity index (χ3v) is 7.67. The van der Waals surface area contributed by atoms with Gasteiger partial charge >= 0.3 is 86.7 Å². The van der Waals surface area contributed by atoms with Gasteiger partial charge in [0.2, 0.25) is 0 Å². The quantitative estimate of drug-likeness (QED) is 0.189. The summed E-state index contributed by atoms with van der Waals surface area (Å²) in [4.78, 5) is 0. The van der Waals surface area contributed by atoms with Crippen molar-refractivity contribution in [2.45, 2.75) is 47.5 Å². The van der Waals surface area contributed by atoms with Gasteiger partial charge in [0.15, 0.2) is 0 Å². The molecule has 0 spiro atoms. The van der Waals surface area contributed by atoms with E-state index in [0.29, 0.717) is 11.3 Å². The summed E-state index contributed by atoms with van der Waals surface area (Å²) < 4.78 is 2.23. The zero-order valence-corrected chi connectivity index (χ0v) is 25.2. The molecule has 184 valence electrons. The normalized spacial score (nSPS) is 15.4. The Labute approximate surface area is 238 Å². The van der Waals surface area contributed by atoms with E-state index in [0.717, 1.165) is 12.8 Å². The third-order valence-electron chi connectivity index (χ3n) is 6.90. The Morgan fingerprint density at radius 1 is 0.892 bits per heavy atom. The minimum absolute atomic E-state index is 0.295. The van der Waals surface area contributed by atoms with E-state index in [2.05, 4.69) is 135 Å². The fourth-order valence-electron chi connectivity index (χ4n) is 5.11. The van der Waals surface area contributed by atoms with Crippen molar-refractivity contribution < 1.29 is 24.2 Å². The van der Waals surface area contributed by atoms with Crippen LogP contribution in [0.3, 0.4) is 0 Å². The molecule has 1 atom stereocenters. The maximum Gasteiger partial charge on any atom is -0.0253 e. The monoisotopic (exact) mass is 558 g/mol. The number of benzene rings is 4. The maximum atomic E-state index is 3.48. The fourth-order valence-corrected chi connectivity index (χ4v) is 5.73. The van der Waals surface area contributed by atoms with E-state index in [1.54, 1.807) is 0 Å². The molecule has 4 aromatic carbocycles. The van der Waals surface area contributed by atoms with Crippen molar-refractivity contribution in [2.75, 3.05) is 0 Å². The fraction of sp³-hybridized carbons (Fsp3) is 0.250. The van der Waals surface area contributed by atoms with Crippen molar-refractivity contribution in [3.63, 3.8) is 0 Å². The van der Waals surface area contributed by atoms with Gasteiger partial charge in [-0.25, -0.2) is 5.57 Å². The molecule has 0 fully saturated rings. The van der Waals surface area contributed by atoms with E-state index < -0.39 is 0 Å². The van der Waals surface area contributed by atoms with Gasteiger partial charge in [0.1, 0.15) is 0 Å². The number of hydrogen-bond acceptors (Lipinski definition) is 0. The third kappa shape index (κ3) is 6.63. The van der Waals surface area contributed by atoms with Gasteiger partial charge in [-0.05, 0) is 6.42 Å². The smallest absolute Gasteiger partial charge is 0.0253 e. The largest absolute Gasteiger partial charge is 0.179 e. The summed E-state index contributed by atoms with van der Waals surface area (Å²) in [5.74, 6) is 0.522. The Kier molecular flexibility index (Phi) is 9.10. The number of hydrogen-bond donors (Lipinski definition) is 0. The van der Waals surface area contributed by atoms with Crippen molar-refractivity contribution >= 4 is 14.5 Å². The molecule has 4 aromatic rings. The Hall–Kier alpha value is -2.63. The van der Waals surface area contributed by atoms with Gasteiger partial charge in [0, 0.05) is 0 Å². The van der Waals surface area contributed by atoms with Crippen LogP contribution in [0, 0.1) is 23.5 Å². The van der Waals surface area contributed by atoms with Crippen LogP contribution in [0.4, 0.5) is 0 Å². The number of fused-ring (bicyclic) bond motifs is 4. The summed E-state index contributed by atoms with van der Waals surface area (Å²) >= 11 is 1.46. The first-order valence-corrected chi connectivity index (χ1v) is 14.6. The van der Waals surface area contributed by atoms with Crippen LogP contribution in [0.5, 0.6) is 0 Å². The van der Waals surface area contributed by atoms with E-state index in [1.807, 2.05) is 6.07 Å². The van der Waals surface area contributed by atoms with Crippen molar-refractivity contribution in [3.05, 3.63) is 131 Å². The Balaban J connectivity index is 0.000000130. The molecule has 0 amide bonds. The average molecular weight is 560 g/mol. The van der Waals surface area contributed by atoms with Gasteiger partial charge in [-0.2, -0.15) is 41.5 Å². The molecule has 0 radical (unpaired) electrons. The Morgan fingerprint density at radius 3 is 2.32 bits per heavy atom. The molecule has 0 aliphatic heterocycles. The van der Waals surface area contributed by atoms with E-state index in [9.17, 15) is 0 Å².